The Bertz CT molecular complexity index is 307. The molecule has 1 saturated heterocycles. The molecule has 2 atom stereocenters. The normalized spacial score (nSPS) is 23.2. The molecule has 1 aromatic rings. The molecule has 0 N–H and O–H groups in total. The second-order valence-corrected chi connectivity index (χ2v) is 3.65. The van der Waals surface area contributed by atoms with E-state index < -0.39 is 0 Å². The zero-order chi connectivity index (χ0) is 10.7. The summed E-state index contributed by atoms with van der Waals surface area (Å²) in [5, 5.41) is 3.91. The van der Waals surface area contributed by atoms with Crippen LogP contribution in [-0.2, 0) is 9.47 Å². The summed E-state index contributed by atoms with van der Waals surface area (Å²) in [7, 11) is 0. The van der Waals surface area contributed by atoms with E-state index in [1.807, 2.05) is 13.8 Å². The second-order valence-electron chi connectivity index (χ2n) is 3.65. The molecule has 0 aliphatic carbocycles. The number of hydrogen-bond acceptors (Lipinski definition) is 5. The first-order valence-electron chi connectivity index (χ1n) is 5.34. The first-order valence-corrected chi connectivity index (χ1v) is 5.34. The van der Waals surface area contributed by atoms with Crippen molar-refractivity contribution in [3.63, 3.8) is 0 Å². The van der Waals surface area contributed by atoms with Crippen molar-refractivity contribution in [1.82, 2.24) is 10.1 Å². The van der Waals surface area contributed by atoms with Crippen LogP contribution in [0.1, 0.15) is 44.0 Å². The zero-order valence-corrected chi connectivity index (χ0v) is 9.10. The Balaban J connectivity index is 2.02. The molecule has 1 fully saturated rings. The van der Waals surface area contributed by atoms with Crippen LogP contribution in [0.5, 0.6) is 0 Å². The summed E-state index contributed by atoms with van der Waals surface area (Å²) in [5.74, 6) is 1.56. The maximum atomic E-state index is 5.39. The van der Waals surface area contributed by atoms with E-state index in [1.54, 1.807) is 0 Å². The average molecular weight is 212 g/mol. The van der Waals surface area contributed by atoms with Gasteiger partial charge < -0.3 is 14.0 Å². The minimum Gasteiger partial charge on any atom is -0.381 e. The van der Waals surface area contributed by atoms with Crippen LogP contribution in [-0.4, -0.2) is 30.0 Å². The molecule has 2 rings (SSSR count). The van der Waals surface area contributed by atoms with E-state index in [1.165, 1.54) is 0 Å². The lowest BCUT2D eigenvalue weighted by Gasteiger charge is -2.05. The molecule has 0 bridgehead atoms. The summed E-state index contributed by atoms with van der Waals surface area (Å²) >= 11 is 0. The number of rotatable bonds is 4. The molecule has 0 radical (unpaired) electrons. The van der Waals surface area contributed by atoms with E-state index in [0.29, 0.717) is 24.9 Å². The van der Waals surface area contributed by atoms with Gasteiger partial charge in [-0.05, 0) is 20.3 Å². The van der Waals surface area contributed by atoms with Gasteiger partial charge >= 0.3 is 0 Å². The summed E-state index contributed by atoms with van der Waals surface area (Å²) < 4.78 is 15.9. The van der Waals surface area contributed by atoms with Gasteiger partial charge in [0.1, 0.15) is 6.10 Å². The number of hydrogen-bond donors (Lipinski definition) is 0. The fourth-order valence-electron chi connectivity index (χ4n) is 1.63. The number of nitrogens with zero attached hydrogens (tertiary/aromatic N) is 2. The molecule has 0 spiro atoms. The molecule has 2 heterocycles. The molecule has 5 heteroatoms. The Morgan fingerprint density at radius 1 is 1.60 bits per heavy atom. The highest BCUT2D eigenvalue weighted by atomic mass is 16.5. The molecule has 1 aromatic heterocycles. The smallest absolute Gasteiger partial charge is 0.232 e. The predicted molar refractivity (Wildman–Crippen MR) is 52.5 cm³/mol. The molecule has 84 valence electrons. The molecule has 0 aromatic carbocycles. The third-order valence-corrected chi connectivity index (χ3v) is 2.52. The Hall–Kier alpha value is -0.940. The average Bonchev–Trinajstić information content (AvgIpc) is 2.89. The van der Waals surface area contributed by atoms with Crippen LogP contribution in [0.25, 0.3) is 0 Å². The Morgan fingerprint density at radius 2 is 2.47 bits per heavy atom. The molecule has 0 saturated carbocycles. The van der Waals surface area contributed by atoms with E-state index in [9.17, 15) is 0 Å². The van der Waals surface area contributed by atoms with Gasteiger partial charge in [-0.1, -0.05) is 5.16 Å². The largest absolute Gasteiger partial charge is 0.381 e. The van der Waals surface area contributed by atoms with Crippen molar-refractivity contribution < 1.29 is 14.0 Å². The summed E-state index contributed by atoms with van der Waals surface area (Å²) in [6, 6.07) is 0. The Kier molecular flexibility index (Phi) is 3.33. The van der Waals surface area contributed by atoms with E-state index in [0.717, 1.165) is 13.0 Å². The van der Waals surface area contributed by atoms with Crippen LogP contribution in [0.3, 0.4) is 0 Å². The van der Waals surface area contributed by atoms with Gasteiger partial charge in [-0.15, -0.1) is 0 Å². The molecular weight excluding hydrogens is 196 g/mol. The van der Waals surface area contributed by atoms with Crippen LogP contribution in [0.2, 0.25) is 0 Å². The van der Waals surface area contributed by atoms with Crippen molar-refractivity contribution >= 4 is 0 Å². The van der Waals surface area contributed by atoms with Crippen molar-refractivity contribution in [2.45, 2.75) is 32.3 Å². The van der Waals surface area contributed by atoms with Gasteiger partial charge in [0.05, 0.1) is 12.5 Å². The lowest BCUT2D eigenvalue weighted by molar-refractivity contribution is 0.0683. The fourth-order valence-corrected chi connectivity index (χ4v) is 1.63. The van der Waals surface area contributed by atoms with Gasteiger partial charge in [-0.25, -0.2) is 0 Å². The van der Waals surface area contributed by atoms with Crippen molar-refractivity contribution in [3.8, 4) is 0 Å². The maximum absolute atomic E-state index is 5.39. The minimum absolute atomic E-state index is 0.102. The Morgan fingerprint density at radius 3 is 3.13 bits per heavy atom. The lowest BCUT2D eigenvalue weighted by Crippen LogP contribution is -2.03. The molecule has 15 heavy (non-hydrogen) atoms. The van der Waals surface area contributed by atoms with E-state index >= 15 is 0 Å². The fraction of sp³-hybridized carbons (Fsp3) is 0.800. The van der Waals surface area contributed by atoms with Crippen LogP contribution < -0.4 is 0 Å². The molecule has 0 amide bonds. The first kappa shape index (κ1) is 10.6. The molecule has 0 unspecified atom stereocenters. The van der Waals surface area contributed by atoms with E-state index in [-0.39, 0.29) is 12.0 Å². The van der Waals surface area contributed by atoms with E-state index in [2.05, 4.69) is 10.1 Å². The number of aromatic nitrogens is 2. The van der Waals surface area contributed by atoms with Crippen molar-refractivity contribution in [1.29, 1.82) is 0 Å². The third kappa shape index (κ3) is 2.35. The highest BCUT2D eigenvalue weighted by Crippen LogP contribution is 2.24. The SMILES string of the molecule is CCO[C@@H](C)c1noc([C@H]2CCOC2)n1. The van der Waals surface area contributed by atoms with Crippen molar-refractivity contribution in [2.24, 2.45) is 0 Å². The quantitative estimate of drug-likeness (QED) is 0.759. The molecule has 5 nitrogen and oxygen atoms in total. The highest BCUT2D eigenvalue weighted by molar-refractivity contribution is 4.97. The predicted octanol–water partition coefficient (Wildman–Crippen LogP) is 1.67. The highest BCUT2D eigenvalue weighted by Gasteiger charge is 2.24. The van der Waals surface area contributed by atoms with Gasteiger partial charge in [0.25, 0.3) is 0 Å². The van der Waals surface area contributed by atoms with Gasteiger partial charge in [0, 0.05) is 13.2 Å². The van der Waals surface area contributed by atoms with Gasteiger partial charge in [0.15, 0.2) is 5.82 Å². The first-order chi connectivity index (χ1) is 7.31. The minimum atomic E-state index is -0.102. The van der Waals surface area contributed by atoms with Crippen LogP contribution in [0.4, 0.5) is 0 Å². The van der Waals surface area contributed by atoms with E-state index in [4.69, 9.17) is 14.0 Å². The van der Waals surface area contributed by atoms with Gasteiger partial charge in [-0.3, -0.25) is 0 Å². The summed E-state index contributed by atoms with van der Waals surface area (Å²) in [6.45, 7) is 5.98. The van der Waals surface area contributed by atoms with Crippen LogP contribution in [0.15, 0.2) is 4.52 Å². The lowest BCUT2D eigenvalue weighted by atomic mass is 10.1. The van der Waals surface area contributed by atoms with Crippen molar-refractivity contribution in [2.75, 3.05) is 19.8 Å². The summed E-state index contributed by atoms with van der Waals surface area (Å²) in [4.78, 5) is 4.33. The topological polar surface area (TPSA) is 57.4 Å². The summed E-state index contributed by atoms with van der Waals surface area (Å²) in [5.41, 5.74) is 0. The van der Waals surface area contributed by atoms with Gasteiger partial charge in [-0.2, -0.15) is 4.98 Å². The molecular formula is C10H16N2O3. The molecule has 1 aliphatic heterocycles. The Labute approximate surface area is 88.8 Å². The monoisotopic (exact) mass is 212 g/mol. The summed E-state index contributed by atoms with van der Waals surface area (Å²) in [6.07, 6.45) is 0.861. The maximum Gasteiger partial charge on any atom is 0.232 e. The van der Waals surface area contributed by atoms with Crippen LogP contribution >= 0.6 is 0 Å². The second kappa shape index (κ2) is 4.72. The third-order valence-electron chi connectivity index (χ3n) is 2.52. The zero-order valence-electron chi connectivity index (χ0n) is 9.10. The van der Waals surface area contributed by atoms with Gasteiger partial charge in [0.2, 0.25) is 5.89 Å². The van der Waals surface area contributed by atoms with Crippen LogP contribution in [0, 0.1) is 0 Å². The number of ether oxygens (including phenoxy) is 2. The standard InChI is InChI=1S/C10H16N2O3/c1-3-14-7(2)9-11-10(15-12-9)8-4-5-13-6-8/h7-8H,3-6H2,1-2H3/t7-,8-/m0/s1. The molecule has 1 aliphatic rings. The van der Waals surface area contributed by atoms with Crippen molar-refractivity contribution in [3.05, 3.63) is 11.7 Å².